The molecular weight excluding hydrogens is 513 g/mol. The van der Waals surface area contributed by atoms with Gasteiger partial charge in [0.15, 0.2) is 0 Å². The van der Waals surface area contributed by atoms with Crippen molar-refractivity contribution in [2.75, 3.05) is 20.1 Å². The SMILES string of the molecule is CNC(=O)c1cc(S(=O)(=O)c2ccc(CCNC[C@@H](O)c3ccc(C)nc3)cc2)ccc1O.Cl.Cl. The summed E-state index contributed by atoms with van der Waals surface area (Å²) in [5, 5.41) is 25.6. The summed E-state index contributed by atoms with van der Waals surface area (Å²) in [6.45, 7) is 2.87. The van der Waals surface area contributed by atoms with E-state index in [4.69, 9.17) is 0 Å². The first kappa shape index (κ1) is 30.3. The second kappa shape index (κ2) is 13.4. The summed E-state index contributed by atoms with van der Waals surface area (Å²) in [5.74, 6) is -0.865. The van der Waals surface area contributed by atoms with Gasteiger partial charge in [0.25, 0.3) is 5.91 Å². The largest absolute Gasteiger partial charge is 0.507 e. The van der Waals surface area contributed by atoms with Crippen molar-refractivity contribution in [1.82, 2.24) is 15.6 Å². The number of phenolic OH excluding ortho intramolecular Hbond substituents is 1. The van der Waals surface area contributed by atoms with Gasteiger partial charge >= 0.3 is 0 Å². The van der Waals surface area contributed by atoms with Gasteiger partial charge in [0.2, 0.25) is 9.84 Å². The first-order valence-electron chi connectivity index (χ1n) is 10.4. The predicted molar refractivity (Wildman–Crippen MR) is 138 cm³/mol. The van der Waals surface area contributed by atoms with E-state index in [1.54, 1.807) is 18.3 Å². The molecule has 0 fully saturated rings. The molecule has 1 amide bonds. The number of aliphatic hydroxyl groups excluding tert-OH is 1. The van der Waals surface area contributed by atoms with Crippen LogP contribution in [-0.4, -0.2) is 49.7 Å². The van der Waals surface area contributed by atoms with E-state index in [1.165, 1.54) is 31.3 Å². The number of rotatable bonds is 9. The number of aromatic nitrogens is 1. The second-order valence-corrected chi connectivity index (χ2v) is 9.56. The molecule has 4 N–H and O–H groups in total. The van der Waals surface area contributed by atoms with E-state index >= 15 is 0 Å². The number of sulfone groups is 1. The van der Waals surface area contributed by atoms with Crippen LogP contribution in [0.1, 0.15) is 33.3 Å². The van der Waals surface area contributed by atoms with Crippen LogP contribution in [0, 0.1) is 6.92 Å². The fraction of sp³-hybridized carbons (Fsp3) is 0.250. The fourth-order valence-corrected chi connectivity index (χ4v) is 4.52. The Balaban J connectivity index is 0.00000306. The van der Waals surface area contributed by atoms with Crippen molar-refractivity contribution in [3.63, 3.8) is 0 Å². The fourth-order valence-electron chi connectivity index (χ4n) is 3.24. The maximum atomic E-state index is 13.0. The number of aromatic hydroxyl groups is 1. The number of phenols is 1. The lowest BCUT2D eigenvalue weighted by Gasteiger charge is -2.12. The molecule has 0 aliphatic heterocycles. The van der Waals surface area contributed by atoms with Crippen LogP contribution in [0.4, 0.5) is 0 Å². The molecule has 0 bridgehead atoms. The molecule has 1 heterocycles. The van der Waals surface area contributed by atoms with E-state index in [9.17, 15) is 23.4 Å². The zero-order valence-corrected chi connectivity index (χ0v) is 21.7. The molecule has 2 aromatic carbocycles. The minimum atomic E-state index is -3.85. The van der Waals surface area contributed by atoms with Crippen molar-refractivity contribution in [3.8, 4) is 5.75 Å². The van der Waals surface area contributed by atoms with Crippen LogP contribution in [0.15, 0.2) is 70.6 Å². The third kappa shape index (κ3) is 7.65. The van der Waals surface area contributed by atoms with Crippen LogP contribution in [0.2, 0.25) is 0 Å². The van der Waals surface area contributed by atoms with Gasteiger partial charge in [-0.05, 0) is 61.9 Å². The molecule has 35 heavy (non-hydrogen) atoms. The molecule has 1 aromatic heterocycles. The summed E-state index contributed by atoms with van der Waals surface area (Å²) >= 11 is 0. The van der Waals surface area contributed by atoms with Crippen LogP contribution >= 0.6 is 24.8 Å². The maximum Gasteiger partial charge on any atom is 0.254 e. The van der Waals surface area contributed by atoms with Gasteiger partial charge < -0.3 is 20.8 Å². The molecule has 190 valence electrons. The number of nitrogens with zero attached hydrogens (tertiary/aromatic N) is 1. The van der Waals surface area contributed by atoms with Crippen molar-refractivity contribution in [2.24, 2.45) is 0 Å². The summed E-state index contributed by atoms with van der Waals surface area (Å²) in [6.07, 6.45) is 1.65. The molecule has 0 unspecified atom stereocenters. The standard InChI is InChI=1S/C24H27N3O5S.2ClH/c1-16-3-6-18(14-27-16)23(29)15-26-12-11-17-4-7-19(8-5-17)33(31,32)20-9-10-22(28)21(13-20)24(30)25-2;;/h3-10,13-14,23,26,28-29H,11-12,15H2,1-2H3,(H,25,30);2*1H/t23-;;/m1../s1. The summed E-state index contributed by atoms with van der Waals surface area (Å²) < 4.78 is 25.9. The molecular formula is C24H29Cl2N3O5S. The molecule has 0 spiro atoms. The lowest BCUT2D eigenvalue weighted by atomic mass is 10.1. The number of aryl methyl sites for hydroxylation is 1. The number of benzene rings is 2. The number of pyridine rings is 1. The Kier molecular flexibility index (Phi) is 11.6. The van der Waals surface area contributed by atoms with E-state index in [-0.39, 0.29) is 45.9 Å². The average molecular weight is 542 g/mol. The molecule has 11 heteroatoms. The number of aliphatic hydroxyl groups is 1. The summed E-state index contributed by atoms with van der Waals surface area (Å²) in [7, 11) is -2.45. The normalized spacial score (nSPS) is 11.6. The highest BCUT2D eigenvalue weighted by Gasteiger charge is 2.21. The van der Waals surface area contributed by atoms with E-state index in [0.29, 0.717) is 19.5 Å². The number of hydrogen-bond acceptors (Lipinski definition) is 7. The first-order chi connectivity index (χ1) is 15.7. The lowest BCUT2D eigenvalue weighted by Crippen LogP contribution is -2.23. The smallest absolute Gasteiger partial charge is 0.254 e. The Bertz CT molecular complexity index is 1220. The summed E-state index contributed by atoms with van der Waals surface area (Å²) in [6, 6.07) is 13.8. The summed E-state index contributed by atoms with van der Waals surface area (Å²) in [5.41, 5.74) is 2.47. The van der Waals surface area contributed by atoms with Crippen molar-refractivity contribution in [1.29, 1.82) is 0 Å². The number of carbonyl (C=O) groups excluding carboxylic acids is 1. The second-order valence-electron chi connectivity index (χ2n) is 7.61. The van der Waals surface area contributed by atoms with E-state index in [1.807, 2.05) is 19.1 Å². The van der Waals surface area contributed by atoms with Crippen molar-refractivity contribution >= 4 is 40.6 Å². The Hall–Kier alpha value is -2.69. The number of nitrogens with one attached hydrogen (secondary N) is 2. The molecule has 0 saturated carbocycles. The van der Waals surface area contributed by atoms with Crippen molar-refractivity contribution < 1.29 is 23.4 Å². The van der Waals surface area contributed by atoms with Gasteiger partial charge in [-0.15, -0.1) is 24.8 Å². The average Bonchev–Trinajstić information content (AvgIpc) is 2.82. The molecule has 3 rings (SSSR count). The van der Waals surface area contributed by atoms with Gasteiger partial charge in [-0.1, -0.05) is 18.2 Å². The van der Waals surface area contributed by atoms with Gasteiger partial charge in [0, 0.05) is 31.0 Å². The first-order valence-corrected chi connectivity index (χ1v) is 11.9. The molecule has 0 radical (unpaired) electrons. The van der Waals surface area contributed by atoms with Crippen LogP contribution in [0.25, 0.3) is 0 Å². The van der Waals surface area contributed by atoms with Gasteiger partial charge in [0.05, 0.1) is 21.5 Å². The highest BCUT2D eigenvalue weighted by Crippen LogP contribution is 2.26. The van der Waals surface area contributed by atoms with Crippen LogP contribution < -0.4 is 10.6 Å². The summed E-state index contributed by atoms with van der Waals surface area (Å²) in [4.78, 5) is 16.1. The molecule has 3 aromatic rings. The predicted octanol–water partition coefficient (Wildman–Crippen LogP) is 3.00. The number of hydrogen-bond donors (Lipinski definition) is 4. The molecule has 0 saturated heterocycles. The van der Waals surface area contributed by atoms with Gasteiger partial charge in [-0.25, -0.2) is 8.42 Å². The molecule has 8 nitrogen and oxygen atoms in total. The van der Waals surface area contributed by atoms with Crippen molar-refractivity contribution in [3.05, 3.63) is 83.2 Å². The third-order valence-electron chi connectivity index (χ3n) is 5.23. The van der Waals surface area contributed by atoms with Gasteiger partial charge in [0.1, 0.15) is 5.75 Å². The number of halogens is 2. The zero-order chi connectivity index (χ0) is 24.0. The van der Waals surface area contributed by atoms with Crippen LogP contribution in [0.3, 0.4) is 0 Å². The minimum absolute atomic E-state index is 0. The third-order valence-corrected chi connectivity index (χ3v) is 7.00. The molecule has 0 aliphatic carbocycles. The lowest BCUT2D eigenvalue weighted by molar-refractivity contribution is 0.0960. The Labute approximate surface area is 217 Å². The van der Waals surface area contributed by atoms with Gasteiger partial charge in [-0.3, -0.25) is 9.78 Å². The maximum absolute atomic E-state index is 13.0. The monoisotopic (exact) mass is 541 g/mol. The van der Waals surface area contributed by atoms with E-state index in [0.717, 1.165) is 22.9 Å². The van der Waals surface area contributed by atoms with Crippen molar-refractivity contribution in [2.45, 2.75) is 29.2 Å². The van der Waals surface area contributed by atoms with Gasteiger partial charge in [-0.2, -0.15) is 0 Å². The Morgan fingerprint density at radius 1 is 1.03 bits per heavy atom. The Morgan fingerprint density at radius 2 is 1.69 bits per heavy atom. The quantitative estimate of drug-likeness (QED) is 0.306. The topological polar surface area (TPSA) is 129 Å². The highest BCUT2D eigenvalue weighted by molar-refractivity contribution is 7.91. The molecule has 1 atom stereocenters. The van der Waals surface area contributed by atoms with Crippen LogP contribution in [-0.2, 0) is 16.3 Å². The Morgan fingerprint density at radius 3 is 2.29 bits per heavy atom. The minimum Gasteiger partial charge on any atom is -0.507 e. The number of carbonyl (C=O) groups is 1. The van der Waals surface area contributed by atoms with E-state index < -0.39 is 21.8 Å². The molecule has 0 aliphatic rings. The van der Waals surface area contributed by atoms with E-state index in [2.05, 4.69) is 15.6 Å². The van der Waals surface area contributed by atoms with Crippen LogP contribution in [0.5, 0.6) is 5.75 Å². The number of amides is 1. The highest BCUT2D eigenvalue weighted by atomic mass is 35.5. The zero-order valence-electron chi connectivity index (χ0n) is 19.3.